The fraction of sp³-hybridized carbons (Fsp3) is 0.400. The van der Waals surface area contributed by atoms with Crippen LogP contribution in [0.25, 0.3) is 10.9 Å². The lowest BCUT2D eigenvalue weighted by Gasteiger charge is -2.26. The van der Waals surface area contributed by atoms with Crippen LogP contribution in [0.2, 0.25) is 0 Å². The van der Waals surface area contributed by atoms with Crippen molar-refractivity contribution in [2.24, 2.45) is 5.73 Å². The average Bonchev–Trinajstić information content (AvgIpc) is 2.81. The SMILES string of the molecule is CCNC(C)(CCSc1cc2ccccc2[nH]1)C(N)=O. The molecule has 0 saturated carbocycles. The number of nitrogens with one attached hydrogen (secondary N) is 2. The van der Waals surface area contributed by atoms with Gasteiger partial charge in [0.15, 0.2) is 0 Å². The van der Waals surface area contributed by atoms with Crippen molar-refractivity contribution in [2.75, 3.05) is 12.3 Å². The summed E-state index contributed by atoms with van der Waals surface area (Å²) < 4.78 is 0. The van der Waals surface area contributed by atoms with Gasteiger partial charge in [0.2, 0.25) is 5.91 Å². The van der Waals surface area contributed by atoms with Gasteiger partial charge in [-0.05, 0) is 32.0 Å². The summed E-state index contributed by atoms with van der Waals surface area (Å²) in [6.07, 6.45) is 0.705. The van der Waals surface area contributed by atoms with Crippen molar-refractivity contribution in [3.05, 3.63) is 30.3 Å². The van der Waals surface area contributed by atoms with Crippen molar-refractivity contribution in [1.29, 1.82) is 0 Å². The fourth-order valence-electron chi connectivity index (χ4n) is 2.18. The number of carbonyl (C=O) groups excluding carboxylic acids is 1. The molecule has 0 aliphatic heterocycles. The van der Waals surface area contributed by atoms with Gasteiger partial charge in [-0.25, -0.2) is 0 Å². The molecule has 0 radical (unpaired) electrons. The highest BCUT2D eigenvalue weighted by Gasteiger charge is 2.29. The maximum absolute atomic E-state index is 11.5. The molecule has 1 aromatic heterocycles. The molecule has 1 aromatic carbocycles. The molecule has 4 N–H and O–H groups in total. The Hall–Kier alpha value is -1.46. The normalized spacial score (nSPS) is 14.3. The second kappa shape index (κ2) is 6.33. The number of amides is 1. The lowest BCUT2D eigenvalue weighted by Crippen LogP contribution is -2.53. The lowest BCUT2D eigenvalue weighted by atomic mass is 9.98. The van der Waals surface area contributed by atoms with Crippen LogP contribution in [0.5, 0.6) is 0 Å². The Labute approximate surface area is 123 Å². The number of rotatable bonds is 7. The van der Waals surface area contributed by atoms with E-state index in [9.17, 15) is 4.79 Å². The smallest absolute Gasteiger partial charge is 0.237 e. The number of fused-ring (bicyclic) bond motifs is 1. The number of para-hydroxylation sites is 1. The van der Waals surface area contributed by atoms with E-state index < -0.39 is 5.54 Å². The molecule has 108 valence electrons. The van der Waals surface area contributed by atoms with Crippen molar-refractivity contribution in [3.63, 3.8) is 0 Å². The summed E-state index contributed by atoms with van der Waals surface area (Å²) in [7, 11) is 0. The fourth-order valence-corrected chi connectivity index (χ4v) is 3.30. The zero-order valence-corrected chi connectivity index (χ0v) is 12.7. The van der Waals surface area contributed by atoms with Gasteiger partial charge < -0.3 is 16.0 Å². The summed E-state index contributed by atoms with van der Waals surface area (Å²) in [6, 6.07) is 10.3. The van der Waals surface area contributed by atoms with E-state index in [0.717, 1.165) is 22.8 Å². The average molecular weight is 291 g/mol. The molecule has 2 aromatic rings. The lowest BCUT2D eigenvalue weighted by molar-refractivity contribution is -0.123. The molecule has 0 spiro atoms. The number of aromatic amines is 1. The number of primary amides is 1. The molecule has 20 heavy (non-hydrogen) atoms. The van der Waals surface area contributed by atoms with Crippen molar-refractivity contribution >= 4 is 28.6 Å². The topological polar surface area (TPSA) is 70.9 Å². The summed E-state index contributed by atoms with van der Waals surface area (Å²) in [5, 5.41) is 5.50. The van der Waals surface area contributed by atoms with Crippen molar-refractivity contribution < 1.29 is 4.79 Å². The molecular weight excluding hydrogens is 270 g/mol. The monoisotopic (exact) mass is 291 g/mol. The second-order valence-corrected chi connectivity index (χ2v) is 6.18. The Morgan fingerprint density at radius 1 is 1.45 bits per heavy atom. The third-order valence-electron chi connectivity index (χ3n) is 3.48. The van der Waals surface area contributed by atoms with E-state index >= 15 is 0 Å². The van der Waals surface area contributed by atoms with Gasteiger partial charge in [-0.15, -0.1) is 11.8 Å². The van der Waals surface area contributed by atoms with E-state index in [4.69, 9.17) is 5.73 Å². The van der Waals surface area contributed by atoms with Crippen LogP contribution in [-0.4, -0.2) is 28.7 Å². The zero-order chi connectivity index (χ0) is 14.6. The first-order valence-corrected chi connectivity index (χ1v) is 7.79. The minimum absolute atomic E-state index is 0.295. The highest BCUT2D eigenvalue weighted by Crippen LogP contribution is 2.25. The van der Waals surface area contributed by atoms with Crippen molar-refractivity contribution in [3.8, 4) is 0 Å². The predicted molar refractivity (Wildman–Crippen MR) is 84.9 cm³/mol. The van der Waals surface area contributed by atoms with E-state index in [-0.39, 0.29) is 5.91 Å². The molecule has 0 saturated heterocycles. The van der Waals surface area contributed by atoms with Crippen LogP contribution in [0.3, 0.4) is 0 Å². The Morgan fingerprint density at radius 3 is 2.85 bits per heavy atom. The molecule has 0 bridgehead atoms. The van der Waals surface area contributed by atoms with E-state index in [0.29, 0.717) is 6.42 Å². The van der Waals surface area contributed by atoms with E-state index in [1.165, 1.54) is 5.39 Å². The van der Waals surface area contributed by atoms with Crippen LogP contribution >= 0.6 is 11.8 Å². The Morgan fingerprint density at radius 2 is 2.20 bits per heavy atom. The Bertz CT molecular complexity index is 563. The van der Waals surface area contributed by atoms with Gasteiger partial charge in [-0.2, -0.15) is 0 Å². The molecule has 2 rings (SSSR count). The maximum atomic E-state index is 11.5. The molecule has 0 aliphatic carbocycles. The summed E-state index contributed by atoms with van der Waals surface area (Å²) in [4.78, 5) is 14.9. The van der Waals surface area contributed by atoms with Crippen molar-refractivity contribution in [1.82, 2.24) is 10.3 Å². The van der Waals surface area contributed by atoms with Gasteiger partial charge in [0.1, 0.15) is 0 Å². The third kappa shape index (κ3) is 3.35. The Kier molecular flexibility index (Phi) is 4.73. The number of thioether (sulfide) groups is 1. The molecular formula is C15H21N3OS. The summed E-state index contributed by atoms with van der Waals surface area (Å²) in [5.41, 5.74) is 5.99. The number of hydrogen-bond acceptors (Lipinski definition) is 3. The molecule has 1 atom stereocenters. The standard InChI is InChI=1S/C15H21N3OS/c1-3-17-15(2,14(16)19)8-9-20-13-10-11-6-4-5-7-12(11)18-13/h4-7,10,17-18H,3,8-9H2,1-2H3,(H2,16,19). The largest absolute Gasteiger partial charge is 0.368 e. The third-order valence-corrected chi connectivity index (χ3v) is 4.41. The second-order valence-electron chi connectivity index (χ2n) is 5.05. The van der Waals surface area contributed by atoms with Gasteiger partial charge in [-0.3, -0.25) is 4.79 Å². The minimum atomic E-state index is -0.631. The van der Waals surface area contributed by atoms with Gasteiger partial charge in [0.25, 0.3) is 0 Å². The predicted octanol–water partition coefficient (Wildman–Crippen LogP) is 2.50. The first kappa shape index (κ1) is 14.9. The van der Waals surface area contributed by atoms with Crippen LogP contribution in [0, 0.1) is 0 Å². The number of benzene rings is 1. The summed E-state index contributed by atoms with van der Waals surface area (Å²) in [5.74, 6) is 0.538. The van der Waals surface area contributed by atoms with E-state index in [2.05, 4.69) is 28.5 Å². The maximum Gasteiger partial charge on any atom is 0.237 e. The van der Waals surface area contributed by atoms with Crippen LogP contribution in [0.15, 0.2) is 35.4 Å². The summed E-state index contributed by atoms with van der Waals surface area (Å²) in [6.45, 7) is 4.58. The highest BCUT2D eigenvalue weighted by atomic mass is 32.2. The van der Waals surface area contributed by atoms with Crippen LogP contribution in [0.1, 0.15) is 20.3 Å². The Balaban J connectivity index is 1.96. The number of aromatic nitrogens is 1. The molecule has 5 heteroatoms. The number of H-pyrrole nitrogens is 1. The number of carbonyl (C=O) groups is 1. The molecule has 0 fully saturated rings. The molecule has 1 heterocycles. The van der Waals surface area contributed by atoms with Gasteiger partial charge in [0.05, 0.1) is 10.6 Å². The molecule has 1 unspecified atom stereocenters. The van der Waals surface area contributed by atoms with E-state index in [1.807, 2.05) is 26.0 Å². The molecule has 1 amide bonds. The molecule has 0 aliphatic rings. The van der Waals surface area contributed by atoms with Crippen molar-refractivity contribution in [2.45, 2.75) is 30.8 Å². The minimum Gasteiger partial charge on any atom is -0.368 e. The number of hydrogen-bond donors (Lipinski definition) is 3. The van der Waals surface area contributed by atoms with Crippen LogP contribution in [-0.2, 0) is 4.79 Å². The highest BCUT2D eigenvalue weighted by molar-refractivity contribution is 7.99. The van der Waals surface area contributed by atoms with E-state index in [1.54, 1.807) is 11.8 Å². The van der Waals surface area contributed by atoms with Gasteiger partial charge in [-0.1, -0.05) is 25.1 Å². The summed E-state index contributed by atoms with van der Waals surface area (Å²) >= 11 is 1.71. The van der Waals surface area contributed by atoms with Crippen LogP contribution < -0.4 is 11.1 Å². The van der Waals surface area contributed by atoms with Gasteiger partial charge >= 0.3 is 0 Å². The zero-order valence-electron chi connectivity index (χ0n) is 11.9. The first-order chi connectivity index (χ1) is 9.55. The first-order valence-electron chi connectivity index (χ1n) is 6.80. The number of likely N-dealkylation sites (N-methyl/N-ethyl adjacent to an activating group) is 1. The quantitative estimate of drug-likeness (QED) is 0.686. The van der Waals surface area contributed by atoms with Crippen LogP contribution in [0.4, 0.5) is 0 Å². The van der Waals surface area contributed by atoms with Gasteiger partial charge in [0, 0.05) is 16.7 Å². The number of nitrogens with two attached hydrogens (primary N) is 1. The molecule has 4 nitrogen and oxygen atoms in total.